The molecule has 0 bridgehead atoms. The normalized spacial score (nSPS) is 11.2. The summed E-state index contributed by atoms with van der Waals surface area (Å²) in [5.41, 5.74) is 5.90. The van der Waals surface area contributed by atoms with E-state index in [1.165, 1.54) is 10.6 Å². The molecule has 1 aromatic carbocycles. The second kappa shape index (κ2) is 4.92. The van der Waals surface area contributed by atoms with Crippen LogP contribution in [0.5, 0.6) is 6.01 Å². The number of rotatable bonds is 2. The Morgan fingerprint density at radius 1 is 1.19 bits per heavy atom. The maximum Gasteiger partial charge on any atom is 0.317 e. The molecule has 0 spiro atoms. The van der Waals surface area contributed by atoms with Crippen molar-refractivity contribution in [3.8, 4) is 6.01 Å². The summed E-state index contributed by atoms with van der Waals surface area (Å²) in [4.78, 5) is 11.5. The van der Waals surface area contributed by atoms with Crippen LogP contribution in [0.4, 0.5) is 14.6 Å². The number of nitrogen functional groups attached to an aromatic ring is 1. The summed E-state index contributed by atoms with van der Waals surface area (Å²) in [5, 5.41) is 9.41. The van der Waals surface area contributed by atoms with Crippen molar-refractivity contribution in [2.45, 2.75) is 6.54 Å². The van der Waals surface area contributed by atoms with Crippen molar-refractivity contribution in [1.82, 2.24) is 19.5 Å². The fourth-order valence-electron chi connectivity index (χ4n) is 1.96. The van der Waals surface area contributed by atoms with Crippen molar-refractivity contribution in [3.63, 3.8) is 0 Å². The van der Waals surface area contributed by atoms with E-state index in [1.54, 1.807) is 0 Å². The summed E-state index contributed by atoms with van der Waals surface area (Å²) in [6, 6.07) is 3.06. The SMILES string of the molecule is Nc1nc(O)nc2c1nc(Br)n2Cc1c(F)cccc1F. The first-order chi connectivity index (χ1) is 9.97. The van der Waals surface area contributed by atoms with Crippen molar-refractivity contribution in [2.75, 3.05) is 5.73 Å². The number of halogens is 3. The second-order valence-corrected chi connectivity index (χ2v) is 4.96. The zero-order valence-electron chi connectivity index (χ0n) is 10.4. The number of fused-ring (bicyclic) bond motifs is 1. The van der Waals surface area contributed by atoms with E-state index in [0.717, 1.165) is 12.1 Å². The lowest BCUT2D eigenvalue weighted by molar-refractivity contribution is 0.433. The Morgan fingerprint density at radius 2 is 1.86 bits per heavy atom. The van der Waals surface area contributed by atoms with Gasteiger partial charge in [-0.25, -0.2) is 13.8 Å². The van der Waals surface area contributed by atoms with Crippen LogP contribution in [-0.4, -0.2) is 24.6 Å². The Morgan fingerprint density at radius 3 is 2.52 bits per heavy atom. The first-order valence-electron chi connectivity index (χ1n) is 5.78. The van der Waals surface area contributed by atoms with Crippen LogP contribution in [0.3, 0.4) is 0 Å². The number of nitrogens with zero attached hydrogens (tertiary/aromatic N) is 4. The molecule has 0 aliphatic rings. The predicted molar refractivity (Wildman–Crippen MR) is 74.6 cm³/mol. The minimum Gasteiger partial charge on any atom is -0.479 e. The maximum absolute atomic E-state index is 13.7. The van der Waals surface area contributed by atoms with E-state index in [0.29, 0.717) is 0 Å². The number of imidazole rings is 1. The fraction of sp³-hybridized carbons (Fsp3) is 0.0833. The maximum atomic E-state index is 13.7. The van der Waals surface area contributed by atoms with Gasteiger partial charge in [0.2, 0.25) is 0 Å². The van der Waals surface area contributed by atoms with E-state index >= 15 is 0 Å². The predicted octanol–water partition coefficient (Wildman–Crippen LogP) is 2.20. The van der Waals surface area contributed by atoms with Crippen molar-refractivity contribution < 1.29 is 13.9 Å². The van der Waals surface area contributed by atoms with Crippen LogP contribution in [-0.2, 0) is 6.54 Å². The zero-order valence-corrected chi connectivity index (χ0v) is 12.0. The molecule has 0 saturated carbocycles. The lowest BCUT2D eigenvalue weighted by atomic mass is 10.2. The smallest absolute Gasteiger partial charge is 0.317 e. The van der Waals surface area contributed by atoms with Crippen LogP contribution in [0.2, 0.25) is 0 Å². The van der Waals surface area contributed by atoms with Gasteiger partial charge in [0.1, 0.15) is 11.6 Å². The van der Waals surface area contributed by atoms with Gasteiger partial charge in [0.25, 0.3) is 0 Å². The Bertz CT molecular complexity index is 831. The molecule has 3 rings (SSSR count). The van der Waals surface area contributed by atoms with Crippen molar-refractivity contribution in [1.29, 1.82) is 0 Å². The Labute approximate surface area is 125 Å². The van der Waals surface area contributed by atoms with E-state index < -0.39 is 17.6 Å². The van der Waals surface area contributed by atoms with Gasteiger partial charge >= 0.3 is 6.01 Å². The molecule has 21 heavy (non-hydrogen) atoms. The summed E-state index contributed by atoms with van der Waals surface area (Å²) in [6.45, 7) is -0.161. The number of hydrogen-bond acceptors (Lipinski definition) is 5. The molecule has 108 valence electrons. The molecular weight excluding hydrogens is 348 g/mol. The number of hydrogen-bond donors (Lipinski definition) is 2. The Hall–Kier alpha value is -2.29. The summed E-state index contributed by atoms with van der Waals surface area (Å²) >= 11 is 3.18. The molecule has 0 unspecified atom stereocenters. The number of anilines is 1. The molecule has 6 nitrogen and oxygen atoms in total. The molecule has 0 fully saturated rings. The van der Waals surface area contributed by atoms with Crippen molar-refractivity contribution >= 4 is 32.9 Å². The lowest BCUT2D eigenvalue weighted by Gasteiger charge is -2.08. The van der Waals surface area contributed by atoms with Crippen molar-refractivity contribution in [2.24, 2.45) is 0 Å². The average Bonchev–Trinajstić information content (AvgIpc) is 2.71. The average molecular weight is 356 g/mol. The highest BCUT2D eigenvalue weighted by molar-refractivity contribution is 9.10. The molecule has 0 aliphatic carbocycles. The van der Waals surface area contributed by atoms with E-state index in [2.05, 4.69) is 30.9 Å². The monoisotopic (exact) mass is 355 g/mol. The molecule has 0 saturated heterocycles. The molecule has 2 heterocycles. The minimum atomic E-state index is -0.685. The Balaban J connectivity index is 2.19. The standard InChI is InChI=1S/C12H8BrF2N5O/c13-11-17-8-9(16)18-12(21)19-10(8)20(11)4-5-6(14)2-1-3-7(5)15/h1-3H,4H2,(H3,16,18,19,21). The van der Waals surface area contributed by atoms with Crippen LogP contribution in [0.25, 0.3) is 11.2 Å². The largest absolute Gasteiger partial charge is 0.479 e. The first-order valence-corrected chi connectivity index (χ1v) is 6.57. The van der Waals surface area contributed by atoms with Crippen LogP contribution in [0.1, 0.15) is 5.56 Å². The van der Waals surface area contributed by atoms with E-state index in [-0.39, 0.29) is 33.8 Å². The zero-order chi connectivity index (χ0) is 15.1. The summed E-state index contributed by atoms with van der Waals surface area (Å²) < 4.78 is 29.1. The quantitative estimate of drug-likeness (QED) is 0.687. The van der Waals surface area contributed by atoms with Crippen LogP contribution >= 0.6 is 15.9 Å². The topological polar surface area (TPSA) is 89.8 Å². The van der Waals surface area contributed by atoms with Gasteiger partial charge in [-0.2, -0.15) is 9.97 Å². The van der Waals surface area contributed by atoms with Gasteiger partial charge in [0, 0.05) is 5.56 Å². The number of nitrogens with two attached hydrogens (primary N) is 1. The van der Waals surface area contributed by atoms with Crippen molar-refractivity contribution in [3.05, 3.63) is 40.1 Å². The molecule has 0 atom stereocenters. The molecule has 3 N–H and O–H groups in total. The third-order valence-corrected chi connectivity index (χ3v) is 3.55. The highest BCUT2D eigenvalue weighted by Gasteiger charge is 2.18. The highest BCUT2D eigenvalue weighted by Crippen LogP contribution is 2.26. The number of aromatic nitrogens is 4. The molecular formula is C12H8BrF2N5O. The summed E-state index contributed by atoms with van der Waals surface area (Å²) in [6.07, 6.45) is 0. The third kappa shape index (κ3) is 2.29. The van der Waals surface area contributed by atoms with Gasteiger partial charge in [-0.1, -0.05) is 6.07 Å². The highest BCUT2D eigenvalue weighted by atomic mass is 79.9. The number of aromatic hydroxyl groups is 1. The summed E-state index contributed by atoms with van der Waals surface area (Å²) in [5.74, 6) is -1.39. The second-order valence-electron chi connectivity index (χ2n) is 4.25. The van der Waals surface area contributed by atoms with Gasteiger partial charge in [-0.15, -0.1) is 0 Å². The molecule has 2 aromatic heterocycles. The summed E-state index contributed by atoms with van der Waals surface area (Å²) in [7, 11) is 0. The van der Waals surface area contributed by atoms with Gasteiger partial charge in [0.15, 0.2) is 21.7 Å². The van der Waals surface area contributed by atoms with E-state index in [4.69, 9.17) is 5.73 Å². The van der Waals surface area contributed by atoms with Gasteiger partial charge < -0.3 is 10.8 Å². The minimum absolute atomic E-state index is 0.0223. The Kier molecular flexibility index (Phi) is 3.20. The lowest BCUT2D eigenvalue weighted by Crippen LogP contribution is -2.06. The fourth-order valence-corrected chi connectivity index (χ4v) is 2.44. The van der Waals surface area contributed by atoms with Crippen LogP contribution in [0.15, 0.2) is 22.9 Å². The molecule has 0 amide bonds. The number of benzene rings is 1. The molecule has 0 aliphatic heterocycles. The van der Waals surface area contributed by atoms with Gasteiger partial charge in [-0.3, -0.25) is 4.57 Å². The van der Waals surface area contributed by atoms with Crippen LogP contribution < -0.4 is 5.73 Å². The van der Waals surface area contributed by atoms with Gasteiger partial charge in [-0.05, 0) is 28.1 Å². The van der Waals surface area contributed by atoms with E-state index in [1.807, 2.05) is 0 Å². The third-order valence-electron chi connectivity index (χ3n) is 2.94. The molecule has 9 heteroatoms. The van der Waals surface area contributed by atoms with Crippen LogP contribution in [0, 0.1) is 11.6 Å². The molecule has 3 aromatic rings. The first kappa shape index (κ1) is 13.7. The van der Waals surface area contributed by atoms with Gasteiger partial charge in [0.05, 0.1) is 6.54 Å². The molecule has 0 radical (unpaired) electrons. The van der Waals surface area contributed by atoms with E-state index in [9.17, 15) is 13.9 Å².